The van der Waals surface area contributed by atoms with Crippen LogP contribution >= 0.6 is 0 Å². The van der Waals surface area contributed by atoms with Gasteiger partial charge in [0.25, 0.3) is 0 Å². The van der Waals surface area contributed by atoms with Crippen LogP contribution in [0.3, 0.4) is 0 Å². The van der Waals surface area contributed by atoms with Crippen LogP contribution in [-0.4, -0.2) is 84.6 Å². The fraction of sp³-hybridized carbons (Fsp3) is 0.842. The van der Waals surface area contributed by atoms with E-state index in [1.54, 1.807) is 6.21 Å². The van der Waals surface area contributed by atoms with Gasteiger partial charge in [-0.2, -0.15) is 5.10 Å². The zero-order chi connectivity index (χ0) is 19.3. The van der Waals surface area contributed by atoms with E-state index < -0.39 is 17.0 Å². The highest BCUT2D eigenvalue weighted by atomic mass is 16.6. The molecule has 27 heavy (non-hydrogen) atoms. The summed E-state index contributed by atoms with van der Waals surface area (Å²) in [5.74, 6) is -0.680. The monoisotopic (exact) mass is 378 g/mol. The van der Waals surface area contributed by atoms with Crippen LogP contribution in [0.4, 0.5) is 0 Å². The predicted octanol–water partition coefficient (Wildman–Crippen LogP) is 0.369. The number of hydrogen-bond acceptors (Lipinski definition) is 7. The summed E-state index contributed by atoms with van der Waals surface area (Å²) in [7, 11) is 0. The zero-order valence-corrected chi connectivity index (χ0v) is 16.5. The van der Waals surface area contributed by atoms with E-state index in [9.17, 15) is 9.59 Å². The Morgan fingerprint density at radius 1 is 1.22 bits per heavy atom. The van der Waals surface area contributed by atoms with Crippen molar-refractivity contribution >= 4 is 18.1 Å². The number of esters is 1. The van der Waals surface area contributed by atoms with Gasteiger partial charge < -0.3 is 19.7 Å². The first-order chi connectivity index (χ1) is 12.8. The van der Waals surface area contributed by atoms with Crippen molar-refractivity contribution in [3.8, 4) is 0 Å². The average molecular weight is 378 g/mol. The lowest BCUT2D eigenvalue weighted by molar-refractivity contribution is -0.173. The molecular formula is C19H30N4O4. The molecule has 1 saturated carbocycles. The molecule has 8 heteroatoms. The molecule has 0 radical (unpaired) electrons. The molecule has 3 aliphatic heterocycles. The standard InChI is InChI=1S/C19H30N4O4/c1-17(2,3)27-16(25)19(13-21-23-8-7-20-12-14(19)23)15(24)22-9-11-26-10-6-18(22)4-5-18/h13-14,20H,4-12H2,1-3H3. The van der Waals surface area contributed by atoms with Crippen molar-refractivity contribution in [3.63, 3.8) is 0 Å². The van der Waals surface area contributed by atoms with Crippen molar-refractivity contribution < 1.29 is 19.1 Å². The SMILES string of the molecule is CC(C)(C)OC(=O)C1(C(=O)N2CCOCCC23CC3)C=NN2CCNCC21. The lowest BCUT2D eigenvalue weighted by atomic mass is 9.78. The third-order valence-electron chi connectivity index (χ3n) is 6.06. The van der Waals surface area contributed by atoms with E-state index in [1.807, 2.05) is 30.7 Å². The summed E-state index contributed by atoms with van der Waals surface area (Å²) in [6.45, 7) is 9.15. The van der Waals surface area contributed by atoms with Crippen LogP contribution in [-0.2, 0) is 19.1 Å². The lowest BCUT2D eigenvalue weighted by Gasteiger charge is -2.42. The first kappa shape index (κ1) is 18.7. The summed E-state index contributed by atoms with van der Waals surface area (Å²) in [6, 6.07) is -0.353. The number of nitrogens with zero attached hydrogens (tertiary/aromatic N) is 3. The third kappa shape index (κ3) is 3.12. The number of rotatable bonds is 2. The van der Waals surface area contributed by atoms with Crippen molar-refractivity contribution in [2.45, 2.75) is 57.2 Å². The predicted molar refractivity (Wildman–Crippen MR) is 99.2 cm³/mol. The van der Waals surface area contributed by atoms with E-state index in [2.05, 4.69) is 10.4 Å². The Kier molecular flexibility index (Phi) is 4.46. The minimum absolute atomic E-state index is 0.161. The van der Waals surface area contributed by atoms with Crippen molar-refractivity contribution in [2.24, 2.45) is 10.5 Å². The van der Waals surface area contributed by atoms with Crippen LogP contribution in [0, 0.1) is 5.41 Å². The van der Waals surface area contributed by atoms with Crippen LogP contribution in [0.1, 0.15) is 40.0 Å². The van der Waals surface area contributed by atoms with Crippen LogP contribution in [0.5, 0.6) is 0 Å². The molecule has 8 nitrogen and oxygen atoms in total. The van der Waals surface area contributed by atoms with E-state index in [0.29, 0.717) is 32.8 Å². The number of nitrogens with one attached hydrogen (secondary N) is 1. The Balaban J connectivity index is 1.71. The summed E-state index contributed by atoms with van der Waals surface area (Å²) >= 11 is 0. The number of hydrogen-bond donors (Lipinski definition) is 1. The van der Waals surface area contributed by atoms with Crippen LogP contribution in [0.2, 0.25) is 0 Å². The van der Waals surface area contributed by atoms with E-state index in [0.717, 1.165) is 25.8 Å². The molecule has 1 spiro atoms. The molecule has 2 saturated heterocycles. The number of carbonyl (C=O) groups is 2. The van der Waals surface area contributed by atoms with Gasteiger partial charge >= 0.3 is 5.97 Å². The largest absolute Gasteiger partial charge is 0.459 e. The number of hydrazone groups is 1. The second-order valence-electron chi connectivity index (χ2n) is 9.04. The Morgan fingerprint density at radius 2 is 2.00 bits per heavy atom. The molecule has 4 rings (SSSR count). The van der Waals surface area contributed by atoms with Crippen LogP contribution in [0.15, 0.2) is 5.10 Å². The highest BCUT2D eigenvalue weighted by molar-refractivity contribution is 6.18. The van der Waals surface area contributed by atoms with Gasteiger partial charge in [-0.05, 0) is 40.0 Å². The van der Waals surface area contributed by atoms with Crippen molar-refractivity contribution in [3.05, 3.63) is 0 Å². The maximum atomic E-state index is 13.9. The molecule has 150 valence electrons. The van der Waals surface area contributed by atoms with E-state index in [1.165, 1.54) is 0 Å². The van der Waals surface area contributed by atoms with Crippen molar-refractivity contribution in [1.82, 2.24) is 15.2 Å². The Labute approximate surface area is 160 Å². The minimum atomic E-state index is -1.40. The summed E-state index contributed by atoms with van der Waals surface area (Å²) in [4.78, 5) is 29.2. The van der Waals surface area contributed by atoms with Gasteiger partial charge in [-0.3, -0.25) is 14.6 Å². The minimum Gasteiger partial charge on any atom is -0.459 e. The molecule has 1 aliphatic carbocycles. The fourth-order valence-corrected chi connectivity index (χ4v) is 4.41. The summed E-state index contributed by atoms with van der Waals surface area (Å²) in [5, 5.41) is 9.64. The van der Waals surface area contributed by atoms with Gasteiger partial charge in [0, 0.05) is 38.3 Å². The number of fused-ring (bicyclic) bond motifs is 1. The summed E-state index contributed by atoms with van der Waals surface area (Å²) in [5.41, 5.74) is -2.24. The van der Waals surface area contributed by atoms with Gasteiger partial charge in [0.15, 0.2) is 0 Å². The normalized spacial score (nSPS) is 32.2. The number of carbonyl (C=O) groups excluding carboxylic acids is 2. The molecule has 4 aliphatic rings. The third-order valence-corrected chi connectivity index (χ3v) is 6.06. The lowest BCUT2D eigenvalue weighted by Crippen LogP contribution is -2.64. The molecule has 1 amide bonds. The molecule has 0 aromatic carbocycles. The Bertz CT molecular complexity index is 655. The molecule has 2 atom stereocenters. The molecular weight excluding hydrogens is 348 g/mol. The van der Waals surface area contributed by atoms with Crippen LogP contribution < -0.4 is 5.32 Å². The van der Waals surface area contributed by atoms with Gasteiger partial charge in [0.1, 0.15) is 5.60 Å². The van der Waals surface area contributed by atoms with E-state index >= 15 is 0 Å². The maximum absolute atomic E-state index is 13.9. The molecule has 0 aromatic heterocycles. The molecule has 0 aromatic rings. The molecule has 1 N–H and O–H groups in total. The first-order valence-corrected chi connectivity index (χ1v) is 9.94. The average Bonchev–Trinajstić information content (AvgIpc) is 3.33. The summed E-state index contributed by atoms with van der Waals surface area (Å²) in [6.07, 6.45) is 4.31. The highest BCUT2D eigenvalue weighted by Gasteiger charge is 2.64. The Morgan fingerprint density at radius 3 is 2.70 bits per heavy atom. The number of ether oxygens (including phenoxy) is 2. The first-order valence-electron chi connectivity index (χ1n) is 9.94. The Hall–Kier alpha value is -1.67. The van der Waals surface area contributed by atoms with Gasteiger partial charge in [0.05, 0.1) is 18.9 Å². The number of piperazine rings is 1. The second kappa shape index (κ2) is 6.44. The smallest absolute Gasteiger partial charge is 0.330 e. The molecule has 0 bridgehead atoms. The highest BCUT2D eigenvalue weighted by Crippen LogP contribution is 2.48. The maximum Gasteiger partial charge on any atom is 0.330 e. The van der Waals surface area contributed by atoms with Gasteiger partial charge in [-0.1, -0.05) is 0 Å². The van der Waals surface area contributed by atoms with Crippen molar-refractivity contribution in [2.75, 3.05) is 39.4 Å². The van der Waals surface area contributed by atoms with Crippen LogP contribution in [0.25, 0.3) is 0 Å². The van der Waals surface area contributed by atoms with Crippen molar-refractivity contribution in [1.29, 1.82) is 0 Å². The molecule has 2 unspecified atom stereocenters. The van der Waals surface area contributed by atoms with Gasteiger partial charge in [0.2, 0.25) is 11.3 Å². The topological polar surface area (TPSA) is 83.5 Å². The second-order valence-corrected chi connectivity index (χ2v) is 9.04. The number of amides is 1. The molecule has 3 heterocycles. The van der Waals surface area contributed by atoms with E-state index in [-0.39, 0.29) is 17.5 Å². The van der Waals surface area contributed by atoms with Gasteiger partial charge in [-0.15, -0.1) is 0 Å². The van der Waals surface area contributed by atoms with Gasteiger partial charge in [-0.25, -0.2) is 0 Å². The zero-order valence-electron chi connectivity index (χ0n) is 16.5. The fourth-order valence-electron chi connectivity index (χ4n) is 4.41. The molecule has 3 fully saturated rings. The quantitative estimate of drug-likeness (QED) is 0.552. The van der Waals surface area contributed by atoms with E-state index in [4.69, 9.17) is 9.47 Å². The summed E-state index contributed by atoms with van der Waals surface area (Å²) < 4.78 is 11.4.